The van der Waals surface area contributed by atoms with Gasteiger partial charge in [0.15, 0.2) is 11.4 Å². The zero-order valence-electron chi connectivity index (χ0n) is 27.6. The van der Waals surface area contributed by atoms with Crippen molar-refractivity contribution in [3.63, 3.8) is 0 Å². The molecule has 5 rings (SSSR count). The Bertz CT molecular complexity index is 1480. The van der Waals surface area contributed by atoms with Crippen molar-refractivity contribution in [1.82, 2.24) is 21.3 Å². The second kappa shape index (κ2) is 15.6. The largest absolute Gasteiger partial charge is 0.466 e. The minimum atomic E-state index is -2.20. The maximum Gasteiger partial charge on any atom is 0.246 e. The number of carbonyl (C=O) groups excluding carboxylic acids is 4. The standard InChI is InChI=1S/C32H45N5O12/c1-14(2)7-19(34-4)29(45)37-23-24(40)16-5-6-21-18(9-16)32(13-38)27(43)25(41)26(42)31(49-32)47-12-17(48-21)8-15(3)11-35-28(44)20(10-22(33)39)36-30(23)46/h5-6,8-9,12,14,19-20,23-27,31,34,38,40-43H,7,10-11,13H2,1-4H3,(H2,33,39)(H,35,44)(H,36,46)(H,37,45). The molecule has 9 atom stereocenters. The Morgan fingerprint density at radius 2 is 1.84 bits per heavy atom. The molecule has 17 heteroatoms. The second-order valence-corrected chi connectivity index (χ2v) is 12.8. The maximum absolute atomic E-state index is 13.9. The Kier molecular flexibility index (Phi) is 12.0. The molecule has 0 aromatic heterocycles. The first-order valence-electron chi connectivity index (χ1n) is 15.8. The van der Waals surface area contributed by atoms with Gasteiger partial charge in [0, 0.05) is 12.1 Å². The number of primary amides is 1. The summed E-state index contributed by atoms with van der Waals surface area (Å²) in [5.74, 6) is -3.36. The van der Waals surface area contributed by atoms with Crippen LogP contribution in [0.3, 0.4) is 0 Å². The van der Waals surface area contributed by atoms with Crippen molar-refractivity contribution < 1.29 is 58.9 Å². The SMILES string of the molecule is CNC(CC(C)C)C(=O)NC1C(=O)NC(CC(N)=O)C(=O)NCC(C)=CC2=COC3OC(CO)(c4cc(ccc4O2)C1O)C(O)C(O)C3O. The van der Waals surface area contributed by atoms with Gasteiger partial charge >= 0.3 is 0 Å². The highest BCUT2D eigenvalue weighted by atomic mass is 16.7. The lowest BCUT2D eigenvalue weighted by molar-refractivity contribution is -0.333. The molecule has 0 aliphatic carbocycles. The van der Waals surface area contributed by atoms with Crippen LogP contribution in [-0.4, -0.2) is 112 Å². The average molecular weight is 692 g/mol. The van der Waals surface area contributed by atoms with Gasteiger partial charge in [-0.3, -0.25) is 19.2 Å². The summed E-state index contributed by atoms with van der Waals surface area (Å²) in [6, 6.07) is -0.0985. The molecule has 1 aromatic carbocycles. The molecule has 1 saturated heterocycles. The molecule has 4 aliphatic rings. The van der Waals surface area contributed by atoms with Crippen LogP contribution in [0.25, 0.3) is 0 Å². The van der Waals surface area contributed by atoms with Gasteiger partial charge in [0.25, 0.3) is 0 Å². The van der Waals surface area contributed by atoms with E-state index in [0.717, 1.165) is 6.26 Å². The van der Waals surface area contributed by atoms with Gasteiger partial charge in [-0.25, -0.2) is 0 Å². The minimum absolute atomic E-state index is 0.00389. The van der Waals surface area contributed by atoms with Gasteiger partial charge in [0.2, 0.25) is 29.9 Å². The first-order chi connectivity index (χ1) is 23.1. The zero-order valence-corrected chi connectivity index (χ0v) is 27.6. The number of allylic oxidation sites excluding steroid dienone is 1. The summed E-state index contributed by atoms with van der Waals surface area (Å²) in [4.78, 5) is 52.4. The summed E-state index contributed by atoms with van der Waals surface area (Å²) in [5, 5.41) is 65.6. The van der Waals surface area contributed by atoms with Crippen LogP contribution in [0.4, 0.5) is 0 Å². The Morgan fingerprint density at radius 3 is 2.47 bits per heavy atom. The third kappa shape index (κ3) is 8.21. The number of aliphatic hydroxyl groups excluding tert-OH is 5. The number of hydrogen-bond acceptors (Lipinski definition) is 13. The van der Waals surface area contributed by atoms with Crippen molar-refractivity contribution >= 4 is 23.6 Å². The lowest BCUT2D eigenvalue weighted by atomic mass is 9.80. The number of hydrogen-bond donors (Lipinski definition) is 10. The molecule has 4 aliphatic heterocycles. The minimum Gasteiger partial charge on any atom is -0.466 e. The van der Waals surface area contributed by atoms with Gasteiger partial charge in [-0.1, -0.05) is 25.5 Å². The molecule has 1 aromatic rings. The molecule has 49 heavy (non-hydrogen) atoms. The molecule has 0 saturated carbocycles. The van der Waals surface area contributed by atoms with Crippen molar-refractivity contribution in [2.75, 3.05) is 20.2 Å². The molecular weight excluding hydrogens is 646 g/mol. The maximum atomic E-state index is 13.9. The number of ether oxygens (including phenoxy) is 3. The molecule has 1 fully saturated rings. The van der Waals surface area contributed by atoms with E-state index >= 15 is 0 Å². The van der Waals surface area contributed by atoms with Crippen molar-refractivity contribution in [3.05, 3.63) is 53.0 Å². The highest BCUT2D eigenvalue weighted by Gasteiger charge is 2.57. The number of rotatable bonds is 8. The van der Waals surface area contributed by atoms with Crippen LogP contribution >= 0.6 is 0 Å². The molecule has 270 valence electrons. The fourth-order valence-corrected chi connectivity index (χ4v) is 5.89. The summed E-state index contributed by atoms with van der Waals surface area (Å²) in [6.07, 6.45) is -6.82. The van der Waals surface area contributed by atoms with E-state index in [4.69, 9.17) is 19.9 Å². The molecular formula is C32H45N5O12. The number of carbonyl (C=O) groups is 4. The summed E-state index contributed by atoms with van der Waals surface area (Å²) < 4.78 is 17.6. The predicted octanol–water partition coefficient (Wildman–Crippen LogP) is -2.85. The fourth-order valence-electron chi connectivity index (χ4n) is 5.89. The smallest absolute Gasteiger partial charge is 0.246 e. The van der Waals surface area contributed by atoms with Crippen molar-refractivity contribution in [2.24, 2.45) is 11.7 Å². The molecule has 6 bridgehead atoms. The molecule has 4 heterocycles. The van der Waals surface area contributed by atoms with E-state index in [1.807, 2.05) is 13.8 Å². The van der Waals surface area contributed by atoms with Gasteiger partial charge in [-0.2, -0.15) is 0 Å². The molecule has 0 radical (unpaired) electrons. The van der Waals surface area contributed by atoms with Crippen LogP contribution in [0.2, 0.25) is 0 Å². The molecule has 17 nitrogen and oxygen atoms in total. The number of nitrogens with two attached hydrogens (primary N) is 1. The number of aliphatic hydroxyl groups is 5. The molecule has 9 unspecified atom stereocenters. The lowest BCUT2D eigenvalue weighted by Crippen LogP contribution is -2.64. The summed E-state index contributed by atoms with van der Waals surface area (Å²) in [6.45, 7) is 4.30. The zero-order chi connectivity index (χ0) is 36.2. The lowest BCUT2D eigenvalue weighted by Gasteiger charge is -2.47. The Hall–Kier alpha value is -4.10. The summed E-state index contributed by atoms with van der Waals surface area (Å²) >= 11 is 0. The van der Waals surface area contributed by atoms with E-state index < -0.39 is 91.1 Å². The normalized spacial score (nSPS) is 31.1. The molecule has 0 spiro atoms. The fraction of sp³-hybridized carbons (Fsp3) is 0.562. The van der Waals surface area contributed by atoms with E-state index in [9.17, 15) is 44.7 Å². The molecule has 11 N–H and O–H groups in total. The molecule has 4 amide bonds. The van der Waals surface area contributed by atoms with Gasteiger partial charge in [0.05, 0.1) is 19.1 Å². The van der Waals surface area contributed by atoms with E-state index in [1.165, 1.54) is 24.3 Å². The van der Waals surface area contributed by atoms with E-state index in [0.29, 0.717) is 12.0 Å². The number of nitrogens with one attached hydrogen (secondary N) is 4. The third-order valence-corrected chi connectivity index (χ3v) is 8.57. The predicted molar refractivity (Wildman–Crippen MR) is 170 cm³/mol. The average Bonchev–Trinajstić information content (AvgIpc) is 3.11. The van der Waals surface area contributed by atoms with Crippen molar-refractivity contribution in [3.8, 4) is 5.75 Å². The first-order valence-corrected chi connectivity index (χ1v) is 15.8. The van der Waals surface area contributed by atoms with Crippen LogP contribution in [-0.2, 0) is 34.3 Å². The Balaban J connectivity index is 1.92. The number of fused-ring (bicyclic) bond motifs is 11. The van der Waals surface area contributed by atoms with Crippen molar-refractivity contribution in [1.29, 1.82) is 0 Å². The van der Waals surface area contributed by atoms with Gasteiger partial charge in [-0.15, -0.1) is 0 Å². The highest BCUT2D eigenvalue weighted by molar-refractivity contribution is 5.95. The van der Waals surface area contributed by atoms with Crippen LogP contribution < -0.4 is 31.7 Å². The Morgan fingerprint density at radius 1 is 1.12 bits per heavy atom. The van der Waals surface area contributed by atoms with E-state index in [2.05, 4.69) is 21.3 Å². The number of likely N-dealkylation sites (N-methyl/N-ethyl adjacent to an activating group) is 1. The second-order valence-electron chi connectivity index (χ2n) is 12.8. The first kappa shape index (κ1) is 37.7. The van der Waals surface area contributed by atoms with Crippen LogP contribution in [0, 0.1) is 5.92 Å². The summed E-state index contributed by atoms with van der Waals surface area (Å²) in [5.41, 5.74) is 3.49. The monoisotopic (exact) mass is 691 g/mol. The Labute approximate surface area is 282 Å². The third-order valence-electron chi connectivity index (χ3n) is 8.57. The van der Waals surface area contributed by atoms with Crippen molar-refractivity contribution in [2.45, 2.75) is 88.0 Å². The van der Waals surface area contributed by atoms with Gasteiger partial charge < -0.3 is 66.7 Å². The topological polar surface area (TPSA) is 271 Å². The quantitative estimate of drug-likeness (QED) is 0.132. The van der Waals surface area contributed by atoms with Crippen LogP contribution in [0.15, 0.2) is 41.9 Å². The summed E-state index contributed by atoms with van der Waals surface area (Å²) in [7, 11) is 1.55. The van der Waals surface area contributed by atoms with E-state index in [-0.39, 0.29) is 35.1 Å². The van der Waals surface area contributed by atoms with Crippen LogP contribution in [0.5, 0.6) is 5.75 Å². The van der Waals surface area contributed by atoms with Gasteiger partial charge in [-0.05, 0) is 50.1 Å². The number of benzene rings is 1. The number of amides is 4. The van der Waals surface area contributed by atoms with Gasteiger partial charge in [0.1, 0.15) is 48.5 Å². The van der Waals surface area contributed by atoms with E-state index in [1.54, 1.807) is 14.0 Å². The highest BCUT2D eigenvalue weighted by Crippen LogP contribution is 2.45. The van der Waals surface area contributed by atoms with Crippen LogP contribution in [0.1, 0.15) is 50.8 Å².